The highest BCUT2D eigenvalue weighted by atomic mass is 16.5. The van der Waals surface area contributed by atoms with Gasteiger partial charge >= 0.3 is 0 Å². The number of hydrogen-bond donors (Lipinski definition) is 0. The zero-order chi connectivity index (χ0) is 12.1. The summed E-state index contributed by atoms with van der Waals surface area (Å²) in [6, 6.07) is 16.8. The molecule has 0 radical (unpaired) electrons. The summed E-state index contributed by atoms with van der Waals surface area (Å²) < 4.78 is 5.49. The van der Waals surface area contributed by atoms with Gasteiger partial charge in [-0.05, 0) is 23.6 Å². The number of benzene rings is 2. The van der Waals surface area contributed by atoms with Gasteiger partial charge in [-0.15, -0.1) is 0 Å². The van der Waals surface area contributed by atoms with Crippen molar-refractivity contribution in [2.75, 3.05) is 7.11 Å². The van der Waals surface area contributed by atoms with Crippen LogP contribution in [-0.4, -0.2) is 7.11 Å². The summed E-state index contributed by atoms with van der Waals surface area (Å²) in [6.45, 7) is 2.19. The largest absolute Gasteiger partial charge is 0.496 e. The maximum Gasteiger partial charge on any atom is 0.126 e. The summed E-state index contributed by atoms with van der Waals surface area (Å²) in [7, 11) is 1.73. The van der Waals surface area contributed by atoms with E-state index in [1.807, 2.05) is 6.07 Å². The Morgan fingerprint density at radius 2 is 1.76 bits per heavy atom. The van der Waals surface area contributed by atoms with E-state index < -0.39 is 0 Å². The van der Waals surface area contributed by atoms with E-state index in [0.29, 0.717) is 0 Å². The van der Waals surface area contributed by atoms with Gasteiger partial charge < -0.3 is 4.74 Å². The molecule has 0 aromatic heterocycles. The molecule has 0 bridgehead atoms. The maximum atomic E-state index is 5.49. The van der Waals surface area contributed by atoms with E-state index in [4.69, 9.17) is 4.74 Å². The monoisotopic (exact) mass is 226 g/mol. The summed E-state index contributed by atoms with van der Waals surface area (Å²) in [4.78, 5) is 0. The van der Waals surface area contributed by atoms with Crippen molar-refractivity contribution < 1.29 is 4.74 Å². The van der Waals surface area contributed by atoms with Gasteiger partial charge in [-0.2, -0.15) is 0 Å². The fraction of sp³-hybridized carbons (Fsp3) is 0.250. The van der Waals surface area contributed by atoms with Crippen molar-refractivity contribution in [2.24, 2.45) is 0 Å². The zero-order valence-corrected chi connectivity index (χ0v) is 10.4. The highest BCUT2D eigenvalue weighted by Crippen LogP contribution is 2.30. The lowest BCUT2D eigenvalue weighted by Crippen LogP contribution is -1.91. The van der Waals surface area contributed by atoms with Crippen LogP contribution >= 0.6 is 0 Å². The zero-order valence-electron chi connectivity index (χ0n) is 10.4. The molecule has 2 aromatic rings. The minimum atomic E-state index is 0.960. The van der Waals surface area contributed by atoms with Crippen LogP contribution in [0, 0.1) is 0 Å². The molecule has 2 rings (SSSR count). The summed E-state index contributed by atoms with van der Waals surface area (Å²) >= 11 is 0. The van der Waals surface area contributed by atoms with Crippen LogP contribution in [0.4, 0.5) is 0 Å². The van der Waals surface area contributed by atoms with Crippen molar-refractivity contribution in [1.82, 2.24) is 0 Å². The molecule has 0 aliphatic carbocycles. The minimum absolute atomic E-state index is 0.960. The summed E-state index contributed by atoms with van der Waals surface area (Å²) in [5.41, 5.74) is 3.70. The second-order valence-corrected chi connectivity index (χ2v) is 4.15. The SMILES string of the molecule is CCCc1ccc(-c2ccccc2)c(OC)c1. The molecule has 1 nitrogen and oxygen atoms in total. The first-order valence-electron chi connectivity index (χ1n) is 6.07. The number of methoxy groups -OCH3 is 1. The molecule has 0 heterocycles. The van der Waals surface area contributed by atoms with E-state index in [2.05, 4.69) is 49.4 Å². The molecule has 0 aliphatic heterocycles. The number of ether oxygens (including phenoxy) is 1. The van der Waals surface area contributed by atoms with E-state index >= 15 is 0 Å². The summed E-state index contributed by atoms with van der Waals surface area (Å²) in [6.07, 6.45) is 2.26. The molecule has 1 heteroatoms. The molecule has 0 saturated heterocycles. The van der Waals surface area contributed by atoms with Crippen molar-refractivity contribution in [2.45, 2.75) is 19.8 Å². The van der Waals surface area contributed by atoms with Crippen LogP contribution in [0.2, 0.25) is 0 Å². The van der Waals surface area contributed by atoms with Crippen LogP contribution in [0.25, 0.3) is 11.1 Å². The van der Waals surface area contributed by atoms with Crippen LogP contribution < -0.4 is 4.74 Å². The Bertz CT molecular complexity index is 474. The standard InChI is InChI=1S/C16H18O/c1-3-7-13-10-11-15(16(12-13)17-2)14-8-5-4-6-9-14/h4-6,8-12H,3,7H2,1-2H3. The first kappa shape index (κ1) is 11.7. The second-order valence-electron chi connectivity index (χ2n) is 4.15. The molecule has 0 atom stereocenters. The van der Waals surface area contributed by atoms with Gasteiger partial charge in [0, 0.05) is 5.56 Å². The van der Waals surface area contributed by atoms with Crippen LogP contribution in [0.1, 0.15) is 18.9 Å². The number of aryl methyl sites for hydroxylation is 1. The molecular formula is C16H18O. The molecule has 0 spiro atoms. The Kier molecular flexibility index (Phi) is 3.81. The summed E-state index contributed by atoms with van der Waals surface area (Å²) in [5, 5.41) is 0. The topological polar surface area (TPSA) is 9.23 Å². The van der Waals surface area contributed by atoms with Crippen molar-refractivity contribution in [3.63, 3.8) is 0 Å². The highest BCUT2D eigenvalue weighted by Gasteiger charge is 2.05. The first-order valence-corrected chi connectivity index (χ1v) is 6.07. The summed E-state index contributed by atoms with van der Waals surface area (Å²) in [5.74, 6) is 0.960. The molecule has 2 aromatic carbocycles. The fourth-order valence-corrected chi connectivity index (χ4v) is 2.04. The Labute approximate surface area is 103 Å². The molecule has 0 saturated carbocycles. The number of hydrogen-bond acceptors (Lipinski definition) is 1. The predicted octanol–water partition coefficient (Wildman–Crippen LogP) is 4.31. The number of rotatable bonds is 4. The van der Waals surface area contributed by atoms with Gasteiger partial charge in [-0.3, -0.25) is 0 Å². The van der Waals surface area contributed by atoms with Gasteiger partial charge in [0.1, 0.15) is 5.75 Å². The molecule has 0 aliphatic rings. The molecule has 0 amide bonds. The first-order chi connectivity index (χ1) is 8.35. The Morgan fingerprint density at radius 3 is 2.41 bits per heavy atom. The van der Waals surface area contributed by atoms with Gasteiger partial charge in [0.2, 0.25) is 0 Å². The Morgan fingerprint density at radius 1 is 1.00 bits per heavy atom. The van der Waals surface area contributed by atoms with E-state index in [1.54, 1.807) is 7.11 Å². The van der Waals surface area contributed by atoms with E-state index in [1.165, 1.54) is 11.1 Å². The van der Waals surface area contributed by atoms with Crippen LogP contribution in [0.3, 0.4) is 0 Å². The van der Waals surface area contributed by atoms with Gasteiger partial charge in [0.25, 0.3) is 0 Å². The van der Waals surface area contributed by atoms with E-state index in [9.17, 15) is 0 Å². The van der Waals surface area contributed by atoms with E-state index in [-0.39, 0.29) is 0 Å². The smallest absolute Gasteiger partial charge is 0.126 e. The molecule has 0 fully saturated rings. The third-order valence-electron chi connectivity index (χ3n) is 2.89. The van der Waals surface area contributed by atoms with Crippen LogP contribution in [-0.2, 0) is 6.42 Å². The highest BCUT2D eigenvalue weighted by molar-refractivity contribution is 5.70. The molecular weight excluding hydrogens is 208 g/mol. The fourth-order valence-electron chi connectivity index (χ4n) is 2.04. The molecule has 88 valence electrons. The van der Waals surface area contributed by atoms with Gasteiger partial charge in [-0.1, -0.05) is 55.8 Å². The van der Waals surface area contributed by atoms with Crippen molar-refractivity contribution in [3.05, 3.63) is 54.1 Å². The lowest BCUT2D eigenvalue weighted by Gasteiger charge is -2.10. The Balaban J connectivity index is 2.41. The average Bonchev–Trinajstić information content (AvgIpc) is 2.40. The average molecular weight is 226 g/mol. The lowest BCUT2D eigenvalue weighted by molar-refractivity contribution is 0.416. The molecule has 17 heavy (non-hydrogen) atoms. The predicted molar refractivity (Wildman–Crippen MR) is 72.4 cm³/mol. The minimum Gasteiger partial charge on any atom is -0.496 e. The molecule has 0 N–H and O–H groups in total. The Hall–Kier alpha value is -1.76. The van der Waals surface area contributed by atoms with E-state index in [0.717, 1.165) is 24.2 Å². The quantitative estimate of drug-likeness (QED) is 0.754. The van der Waals surface area contributed by atoms with Crippen molar-refractivity contribution >= 4 is 0 Å². The third kappa shape index (κ3) is 2.68. The second kappa shape index (κ2) is 5.53. The lowest BCUT2D eigenvalue weighted by atomic mass is 10.0. The van der Waals surface area contributed by atoms with Crippen LogP contribution in [0.15, 0.2) is 48.5 Å². The third-order valence-corrected chi connectivity index (χ3v) is 2.89. The van der Waals surface area contributed by atoms with Crippen LogP contribution in [0.5, 0.6) is 5.75 Å². The van der Waals surface area contributed by atoms with Gasteiger partial charge in [-0.25, -0.2) is 0 Å². The van der Waals surface area contributed by atoms with Crippen molar-refractivity contribution in [3.8, 4) is 16.9 Å². The van der Waals surface area contributed by atoms with Gasteiger partial charge in [0.15, 0.2) is 0 Å². The van der Waals surface area contributed by atoms with Crippen molar-refractivity contribution in [1.29, 1.82) is 0 Å². The van der Waals surface area contributed by atoms with Gasteiger partial charge in [0.05, 0.1) is 7.11 Å². The molecule has 0 unspecified atom stereocenters. The normalized spacial score (nSPS) is 10.2. The maximum absolute atomic E-state index is 5.49.